The molecular weight excluding hydrogens is 461 g/mol. The number of alkyl halides is 3. The number of nitrogens with one attached hydrogen (secondary N) is 2. The molecule has 4 rings (SSSR count). The van der Waals surface area contributed by atoms with Gasteiger partial charge >= 0.3 is 6.18 Å². The molecule has 2 aliphatic rings. The number of anilines is 1. The van der Waals surface area contributed by atoms with Crippen LogP contribution in [0.5, 0.6) is 0 Å². The Kier molecular flexibility index (Phi) is 5.41. The fourth-order valence-corrected chi connectivity index (χ4v) is 4.85. The first kappa shape index (κ1) is 19.7. The minimum Gasteiger partial charge on any atom is -0.376 e. The van der Waals surface area contributed by atoms with Gasteiger partial charge in [0.15, 0.2) is 11.7 Å². The maximum atomic E-state index is 13.7. The van der Waals surface area contributed by atoms with Gasteiger partial charge in [-0.05, 0) is 40.2 Å². The summed E-state index contributed by atoms with van der Waals surface area (Å²) in [5.41, 5.74) is -0.0680. The fourth-order valence-electron chi connectivity index (χ4n) is 3.51. The monoisotopic (exact) mass is 478 g/mol. The van der Waals surface area contributed by atoms with Crippen molar-refractivity contribution in [1.29, 1.82) is 0 Å². The second-order valence-corrected chi connectivity index (χ2v) is 8.58. The molecule has 0 radical (unpaired) electrons. The molecule has 1 fully saturated rings. The van der Waals surface area contributed by atoms with Gasteiger partial charge in [-0.15, -0.1) is 11.3 Å². The van der Waals surface area contributed by atoms with E-state index in [4.69, 9.17) is 4.74 Å². The average Bonchev–Trinajstić information content (AvgIpc) is 3.40. The first-order chi connectivity index (χ1) is 13.3. The van der Waals surface area contributed by atoms with Gasteiger partial charge in [-0.2, -0.15) is 18.3 Å². The molecule has 4 heterocycles. The topological polar surface area (TPSA) is 68.2 Å². The summed E-state index contributed by atoms with van der Waals surface area (Å²) >= 11 is 4.66. The van der Waals surface area contributed by atoms with Crippen molar-refractivity contribution in [2.45, 2.75) is 43.6 Å². The standard InChI is InChI=1S/C17H18BrF3N4O2S/c18-13-14(16(26)22-8-9-3-1-5-27-9)24-25-12(17(19,20)21)7-10(23-15(13)25)11-4-2-6-28-11/h2,4,6,9-10,12,23H,1,3,5,7-8H2,(H,22,26)/t9-,10+,12+/m0/s1. The first-order valence-electron chi connectivity index (χ1n) is 8.89. The highest BCUT2D eigenvalue weighted by Crippen LogP contribution is 2.46. The van der Waals surface area contributed by atoms with E-state index < -0.39 is 24.2 Å². The molecule has 6 nitrogen and oxygen atoms in total. The zero-order valence-electron chi connectivity index (χ0n) is 14.6. The van der Waals surface area contributed by atoms with Crippen LogP contribution >= 0.6 is 27.3 Å². The zero-order valence-corrected chi connectivity index (χ0v) is 17.0. The number of thiophene rings is 1. The molecule has 2 aliphatic heterocycles. The highest BCUT2D eigenvalue weighted by Gasteiger charge is 2.48. The van der Waals surface area contributed by atoms with E-state index in [0.717, 1.165) is 22.4 Å². The predicted molar refractivity (Wildman–Crippen MR) is 102 cm³/mol. The van der Waals surface area contributed by atoms with E-state index in [-0.39, 0.29) is 28.5 Å². The van der Waals surface area contributed by atoms with Gasteiger partial charge < -0.3 is 15.4 Å². The molecule has 2 aromatic heterocycles. The summed E-state index contributed by atoms with van der Waals surface area (Å²) < 4.78 is 47.7. The van der Waals surface area contributed by atoms with Crippen LogP contribution in [0.3, 0.4) is 0 Å². The van der Waals surface area contributed by atoms with Crippen molar-refractivity contribution in [3.63, 3.8) is 0 Å². The summed E-state index contributed by atoms with van der Waals surface area (Å²) in [4.78, 5) is 13.3. The van der Waals surface area contributed by atoms with Crippen molar-refractivity contribution in [3.05, 3.63) is 32.6 Å². The number of nitrogens with zero attached hydrogens (tertiary/aromatic N) is 2. The molecule has 0 aromatic carbocycles. The van der Waals surface area contributed by atoms with Crippen LogP contribution < -0.4 is 10.6 Å². The Balaban J connectivity index is 1.61. The molecule has 0 bridgehead atoms. The molecule has 11 heteroatoms. The highest BCUT2D eigenvalue weighted by atomic mass is 79.9. The third-order valence-electron chi connectivity index (χ3n) is 4.91. The van der Waals surface area contributed by atoms with Crippen LogP contribution in [-0.4, -0.2) is 41.1 Å². The van der Waals surface area contributed by atoms with Crippen LogP contribution in [0.1, 0.15) is 46.7 Å². The van der Waals surface area contributed by atoms with Gasteiger partial charge in [0, 0.05) is 24.4 Å². The molecule has 3 atom stereocenters. The van der Waals surface area contributed by atoms with Crippen LogP contribution in [0.25, 0.3) is 0 Å². The Morgan fingerprint density at radius 3 is 2.96 bits per heavy atom. The molecule has 1 saturated heterocycles. The van der Waals surface area contributed by atoms with E-state index in [9.17, 15) is 18.0 Å². The largest absolute Gasteiger partial charge is 0.410 e. The molecule has 0 unspecified atom stereocenters. The maximum absolute atomic E-state index is 13.7. The Morgan fingerprint density at radius 2 is 2.32 bits per heavy atom. The number of halogens is 4. The lowest BCUT2D eigenvalue weighted by atomic mass is 10.0. The second kappa shape index (κ2) is 7.68. The van der Waals surface area contributed by atoms with E-state index in [1.165, 1.54) is 11.3 Å². The molecule has 28 heavy (non-hydrogen) atoms. The van der Waals surface area contributed by atoms with Gasteiger partial charge in [0.25, 0.3) is 5.91 Å². The number of carbonyl (C=O) groups is 1. The minimum atomic E-state index is -4.48. The SMILES string of the molecule is O=C(NC[C@@H]1CCCO1)c1nn2c(c1Br)N[C@@H](c1cccs1)C[C@@H]2C(F)(F)F. The van der Waals surface area contributed by atoms with Gasteiger partial charge in [0.2, 0.25) is 0 Å². The first-order valence-corrected chi connectivity index (χ1v) is 10.6. The van der Waals surface area contributed by atoms with E-state index in [0.29, 0.717) is 13.2 Å². The number of hydrogen-bond donors (Lipinski definition) is 2. The Hall–Kier alpha value is -1.59. The van der Waals surface area contributed by atoms with Crippen LogP contribution in [-0.2, 0) is 4.74 Å². The highest BCUT2D eigenvalue weighted by molar-refractivity contribution is 9.10. The Bertz CT molecular complexity index is 849. The number of ether oxygens (including phenoxy) is 1. The summed E-state index contributed by atoms with van der Waals surface area (Å²) in [6, 6.07) is 1.28. The van der Waals surface area contributed by atoms with Crippen molar-refractivity contribution >= 4 is 39.0 Å². The van der Waals surface area contributed by atoms with Crippen molar-refractivity contribution in [2.75, 3.05) is 18.5 Å². The number of amides is 1. The average molecular weight is 479 g/mol. The molecule has 0 saturated carbocycles. The predicted octanol–water partition coefficient (Wildman–Crippen LogP) is 4.28. The summed E-state index contributed by atoms with van der Waals surface area (Å²) in [7, 11) is 0. The molecule has 2 aromatic rings. The van der Waals surface area contributed by atoms with E-state index in [1.807, 2.05) is 5.38 Å². The Morgan fingerprint density at radius 1 is 1.50 bits per heavy atom. The summed E-state index contributed by atoms with van der Waals surface area (Å²) in [5.74, 6) is -0.367. The number of carbonyl (C=O) groups excluding carboxylic acids is 1. The van der Waals surface area contributed by atoms with Gasteiger partial charge in [-0.1, -0.05) is 6.07 Å². The smallest absolute Gasteiger partial charge is 0.376 e. The van der Waals surface area contributed by atoms with E-state index in [1.54, 1.807) is 12.1 Å². The van der Waals surface area contributed by atoms with Crippen molar-refractivity contribution in [2.24, 2.45) is 0 Å². The van der Waals surface area contributed by atoms with Crippen molar-refractivity contribution < 1.29 is 22.7 Å². The maximum Gasteiger partial charge on any atom is 0.410 e. The van der Waals surface area contributed by atoms with Crippen molar-refractivity contribution in [3.8, 4) is 0 Å². The summed E-state index contributed by atoms with van der Waals surface area (Å²) in [5, 5.41) is 11.6. The quantitative estimate of drug-likeness (QED) is 0.688. The molecule has 152 valence electrons. The number of hydrogen-bond acceptors (Lipinski definition) is 5. The Labute approximate surface area is 171 Å². The van der Waals surface area contributed by atoms with Crippen molar-refractivity contribution in [1.82, 2.24) is 15.1 Å². The molecule has 2 N–H and O–H groups in total. The third-order valence-corrected chi connectivity index (χ3v) is 6.65. The molecular formula is C17H18BrF3N4O2S. The molecule has 0 aliphatic carbocycles. The van der Waals surface area contributed by atoms with Crippen LogP contribution in [0.15, 0.2) is 22.0 Å². The third kappa shape index (κ3) is 3.79. The van der Waals surface area contributed by atoms with Gasteiger partial charge in [0.1, 0.15) is 5.82 Å². The lowest BCUT2D eigenvalue weighted by Gasteiger charge is -2.33. The lowest BCUT2D eigenvalue weighted by molar-refractivity contribution is -0.173. The fraction of sp³-hybridized carbons (Fsp3) is 0.529. The zero-order chi connectivity index (χ0) is 19.9. The molecule has 0 spiro atoms. The minimum absolute atomic E-state index is 0.0655. The molecule has 1 amide bonds. The van der Waals surface area contributed by atoms with Gasteiger partial charge in [-0.25, -0.2) is 4.68 Å². The van der Waals surface area contributed by atoms with E-state index in [2.05, 4.69) is 31.7 Å². The van der Waals surface area contributed by atoms with Crippen LogP contribution in [0, 0.1) is 0 Å². The van der Waals surface area contributed by atoms with Gasteiger partial charge in [0.05, 0.1) is 16.6 Å². The van der Waals surface area contributed by atoms with Crippen LogP contribution in [0.4, 0.5) is 19.0 Å². The lowest BCUT2D eigenvalue weighted by Crippen LogP contribution is -2.36. The normalized spacial score (nSPS) is 24.6. The number of aromatic nitrogens is 2. The van der Waals surface area contributed by atoms with E-state index >= 15 is 0 Å². The summed E-state index contributed by atoms with van der Waals surface area (Å²) in [6.07, 6.45) is -2.96. The summed E-state index contributed by atoms with van der Waals surface area (Å²) in [6.45, 7) is 0.964. The van der Waals surface area contributed by atoms with Crippen LogP contribution in [0.2, 0.25) is 0 Å². The number of fused-ring (bicyclic) bond motifs is 1. The van der Waals surface area contributed by atoms with Gasteiger partial charge in [-0.3, -0.25) is 4.79 Å². The second-order valence-electron chi connectivity index (χ2n) is 6.81. The number of rotatable bonds is 4.